The fraction of sp³-hybridized carbons (Fsp3) is 0.643. The van der Waals surface area contributed by atoms with Crippen molar-refractivity contribution in [2.24, 2.45) is 5.92 Å². The molecule has 57 heavy (non-hydrogen) atoms. The number of rotatable bonds is 11. The highest BCUT2D eigenvalue weighted by Crippen LogP contribution is 2.37. The Labute approximate surface area is 337 Å². The Kier molecular flexibility index (Phi) is 13.7. The third kappa shape index (κ3) is 13.7. The van der Waals surface area contributed by atoms with Crippen LogP contribution in [0.4, 0.5) is 20.2 Å². The molecule has 0 bridgehead atoms. The molecule has 1 saturated heterocycles. The molecule has 2 aromatic rings. The summed E-state index contributed by atoms with van der Waals surface area (Å²) in [6, 6.07) is 9.92. The predicted molar refractivity (Wildman–Crippen MR) is 214 cm³/mol. The number of nitrogens with one attached hydrogen (secondary N) is 3. The van der Waals surface area contributed by atoms with Crippen LogP contribution in [0.1, 0.15) is 102 Å². The van der Waals surface area contributed by atoms with Crippen molar-refractivity contribution in [2.45, 2.75) is 144 Å². The summed E-state index contributed by atoms with van der Waals surface area (Å²) in [6.45, 7) is 25.6. The summed E-state index contributed by atoms with van der Waals surface area (Å²) < 4.78 is 30.5. The lowest BCUT2D eigenvalue weighted by Gasteiger charge is -2.39. The highest BCUT2D eigenvalue weighted by molar-refractivity contribution is 5.81. The maximum absolute atomic E-state index is 13.6. The summed E-state index contributed by atoms with van der Waals surface area (Å²) >= 11 is 0. The molecule has 1 aromatic heterocycles. The number of hydrogen-bond donors (Lipinski definition) is 3. The van der Waals surface area contributed by atoms with Crippen LogP contribution in [0.5, 0.6) is 5.75 Å². The number of pyridine rings is 1. The van der Waals surface area contributed by atoms with Crippen LogP contribution < -0.4 is 25.4 Å². The maximum Gasteiger partial charge on any atom is 0.431 e. The molecule has 316 valence electrons. The van der Waals surface area contributed by atoms with Gasteiger partial charge in [0.2, 0.25) is 5.60 Å². The highest BCUT2D eigenvalue weighted by atomic mass is 16.7. The number of nitrogens with zero attached hydrogens (tertiary/aromatic N) is 2. The quantitative estimate of drug-likeness (QED) is 0.0729. The van der Waals surface area contributed by atoms with E-state index < -0.39 is 52.3 Å². The van der Waals surface area contributed by atoms with Crippen LogP contribution in [0.2, 0.25) is 0 Å². The topological polar surface area (TPSA) is 167 Å². The monoisotopic (exact) mass is 798 g/mol. The van der Waals surface area contributed by atoms with Crippen molar-refractivity contribution in [3.05, 3.63) is 42.1 Å². The van der Waals surface area contributed by atoms with Crippen molar-refractivity contribution < 1.29 is 52.3 Å². The lowest BCUT2D eigenvalue weighted by Crippen LogP contribution is -2.58. The number of fused-ring (bicyclic) bond motifs is 1. The fourth-order valence-corrected chi connectivity index (χ4v) is 6.16. The van der Waals surface area contributed by atoms with Gasteiger partial charge in [-0.25, -0.2) is 28.6 Å². The molecule has 2 atom stereocenters. The molecule has 15 nitrogen and oxygen atoms in total. The van der Waals surface area contributed by atoms with E-state index in [1.54, 1.807) is 53.4 Å². The Hall–Kier alpha value is -4.79. The van der Waals surface area contributed by atoms with E-state index in [-0.39, 0.29) is 12.0 Å². The Morgan fingerprint density at radius 2 is 1.35 bits per heavy atom. The molecule has 2 aliphatic rings. The first-order valence-corrected chi connectivity index (χ1v) is 19.6. The number of esters is 1. The minimum absolute atomic E-state index is 0.207. The van der Waals surface area contributed by atoms with Crippen molar-refractivity contribution in [3.8, 4) is 16.9 Å². The standard InChI is InChI=1S/C42H63N5O10/c1-38(2,3)53-34(48)42(13,57-45-36(50)55-40(7,8)9)32-18-15-29-22-28(14-17-31(29)52-32)30-16-19-33(43-20-21-44-35(49)54-39(4,5)6)46(26-30)23-27-24-47(25-27)37(51)56-41(10,11)12/h14,16-17,19,22,26-27,32H,15,18,20-21,23-25H2,1-13H3,(H2,44,45,49,50)/p+1/t32-,42?/m1/s1. The number of alkyl carbamates (subject to hydrolysis) is 1. The van der Waals surface area contributed by atoms with Crippen molar-refractivity contribution in [1.29, 1.82) is 0 Å². The first-order valence-electron chi connectivity index (χ1n) is 19.6. The Bertz CT molecular complexity index is 1770. The molecule has 1 unspecified atom stereocenters. The van der Waals surface area contributed by atoms with Gasteiger partial charge in [0.15, 0.2) is 0 Å². The zero-order valence-corrected chi connectivity index (χ0v) is 36.0. The molecule has 0 radical (unpaired) electrons. The zero-order valence-electron chi connectivity index (χ0n) is 36.0. The molecule has 0 spiro atoms. The van der Waals surface area contributed by atoms with E-state index in [9.17, 15) is 19.2 Å². The van der Waals surface area contributed by atoms with Crippen LogP contribution in [-0.4, -0.2) is 89.4 Å². The van der Waals surface area contributed by atoms with Gasteiger partial charge >= 0.3 is 24.2 Å². The van der Waals surface area contributed by atoms with E-state index in [2.05, 4.69) is 32.9 Å². The number of aryl methyl sites for hydroxylation is 1. The average molecular weight is 799 g/mol. The van der Waals surface area contributed by atoms with E-state index in [4.69, 9.17) is 28.5 Å². The number of hydroxylamine groups is 1. The third-order valence-electron chi connectivity index (χ3n) is 8.69. The second kappa shape index (κ2) is 17.4. The molecule has 4 rings (SSSR count). The molecule has 0 aliphatic carbocycles. The number of carbonyl (C=O) groups is 4. The minimum atomic E-state index is -1.70. The Morgan fingerprint density at radius 3 is 1.96 bits per heavy atom. The fourth-order valence-electron chi connectivity index (χ4n) is 6.16. The molecule has 15 heteroatoms. The molecule has 3 heterocycles. The van der Waals surface area contributed by atoms with Crippen molar-refractivity contribution in [2.75, 3.05) is 31.5 Å². The number of amides is 3. The smallest absolute Gasteiger partial charge is 0.431 e. The van der Waals surface area contributed by atoms with Crippen molar-refractivity contribution in [1.82, 2.24) is 15.7 Å². The first-order chi connectivity index (χ1) is 26.2. The van der Waals surface area contributed by atoms with Crippen LogP contribution in [0.25, 0.3) is 11.1 Å². The molecule has 1 aromatic carbocycles. The van der Waals surface area contributed by atoms with Crippen molar-refractivity contribution >= 4 is 30.1 Å². The van der Waals surface area contributed by atoms with Gasteiger partial charge < -0.3 is 33.9 Å². The van der Waals surface area contributed by atoms with Crippen LogP contribution >= 0.6 is 0 Å². The normalized spacial score (nSPS) is 17.1. The molecule has 0 saturated carbocycles. The molecular weight excluding hydrogens is 734 g/mol. The number of carbonyl (C=O) groups excluding carboxylic acids is 4. The summed E-state index contributed by atoms with van der Waals surface area (Å²) in [5, 5.41) is 6.22. The lowest BCUT2D eigenvalue weighted by molar-refractivity contribution is -0.690. The van der Waals surface area contributed by atoms with E-state index in [0.717, 1.165) is 22.5 Å². The summed E-state index contributed by atoms with van der Waals surface area (Å²) in [5.74, 6) is 0.964. The predicted octanol–water partition coefficient (Wildman–Crippen LogP) is 6.69. The summed E-state index contributed by atoms with van der Waals surface area (Å²) in [5.41, 5.74) is 0.705. The van der Waals surface area contributed by atoms with E-state index in [1.807, 2.05) is 65.8 Å². The van der Waals surface area contributed by atoms with Gasteiger partial charge in [-0.1, -0.05) is 6.07 Å². The van der Waals surface area contributed by atoms with Gasteiger partial charge in [0, 0.05) is 30.6 Å². The van der Waals surface area contributed by atoms with Gasteiger partial charge in [-0.15, -0.1) is 0 Å². The van der Waals surface area contributed by atoms with Gasteiger partial charge in [-0.2, -0.15) is 5.48 Å². The van der Waals surface area contributed by atoms with Gasteiger partial charge in [0.1, 0.15) is 40.8 Å². The Balaban J connectivity index is 1.52. The van der Waals surface area contributed by atoms with Crippen LogP contribution in [0, 0.1) is 5.92 Å². The van der Waals surface area contributed by atoms with E-state index in [0.29, 0.717) is 51.3 Å². The van der Waals surface area contributed by atoms with Crippen LogP contribution in [0.15, 0.2) is 36.5 Å². The maximum atomic E-state index is 13.6. The molecule has 2 aliphatic heterocycles. The molecule has 3 amide bonds. The van der Waals surface area contributed by atoms with Crippen LogP contribution in [0.3, 0.4) is 0 Å². The van der Waals surface area contributed by atoms with Gasteiger partial charge in [-0.05, 0) is 132 Å². The highest BCUT2D eigenvalue weighted by Gasteiger charge is 2.50. The average Bonchev–Trinajstić information content (AvgIpc) is 3.03. The largest absolute Gasteiger partial charge is 0.486 e. The van der Waals surface area contributed by atoms with Gasteiger partial charge in [0.25, 0.3) is 5.82 Å². The number of aromatic nitrogens is 1. The number of likely N-dealkylation sites (tertiary alicyclic amines) is 1. The van der Waals surface area contributed by atoms with Crippen LogP contribution in [-0.2, 0) is 41.5 Å². The zero-order chi connectivity index (χ0) is 42.6. The molecular formula is C42H64N5O10+. The number of anilines is 1. The number of benzene rings is 1. The summed E-state index contributed by atoms with van der Waals surface area (Å²) in [7, 11) is 0. The number of hydrogen-bond acceptors (Lipinski definition) is 11. The first kappa shape index (κ1) is 44.9. The SMILES string of the molecule is CC(C)(C)OC(=O)NCCNc1ccc(-c2ccc3c(c2)CC[C@H](C(C)(ONC(=O)OC(C)(C)C)C(=O)OC(C)(C)C)O3)c[n+]1CC1CN(C(=O)OC(C)(C)C)C1. The Morgan fingerprint density at radius 1 is 0.754 bits per heavy atom. The molecule has 1 fully saturated rings. The van der Waals surface area contributed by atoms with E-state index >= 15 is 0 Å². The second-order valence-corrected chi connectivity index (χ2v) is 18.8. The third-order valence-corrected chi connectivity index (χ3v) is 8.69. The second-order valence-electron chi connectivity index (χ2n) is 18.8. The summed E-state index contributed by atoms with van der Waals surface area (Å²) in [4.78, 5) is 58.4. The minimum Gasteiger partial charge on any atom is -0.486 e. The number of ether oxygens (including phenoxy) is 5. The van der Waals surface area contributed by atoms with Gasteiger partial charge in [-0.3, -0.25) is 5.32 Å². The summed E-state index contributed by atoms with van der Waals surface area (Å²) in [6.07, 6.45) is 0.607. The molecule has 3 N–H and O–H groups in total. The van der Waals surface area contributed by atoms with Gasteiger partial charge in [0.05, 0.1) is 19.3 Å². The lowest BCUT2D eigenvalue weighted by atomic mass is 9.89. The van der Waals surface area contributed by atoms with E-state index in [1.165, 1.54) is 0 Å². The van der Waals surface area contributed by atoms with Crippen molar-refractivity contribution in [3.63, 3.8) is 0 Å².